The summed E-state index contributed by atoms with van der Waals surface area (Å²) in [6.07, 6.45) is 2.91. The van der Waals surface area contributed by atoms with Gasteiger partial charge in [-0.3, -0.25) is 19.1 Å². The van der Waals surface area contributed by atoms with E-state index in [1.165, 1.54) is 17.6 Å². The van der Waals surface area contributed by atoms with Crippen molar-refractivity contribution in [2.45, 2.75) is 59.5 Å². The molecule has 1 N–H and O–H groups in total. The van der Waals surface area contributed by atoms with Crippen LogP contribution in [0.2, 0.25) is 15.1 Å². The number of anilines is 1. The Morgan fingerprint density at radius 2 is 1.81 bits per heavy atom. The fourth-order valence-corrected chi connectivity index (χ4v) is 7.13. The second-order valence-electron chi connectivity index (χ2n) is 12.0. The average molecular weight is 698 g/mol. The van der Waals surface area contributed by atoms with Gasteiger partial charge < -0.3 is 14.9 Å². The lowest BCUT2D eigenvalue weighted by Crippen LogP contribution is -2.58. The van der Waals surface area contributed by atoms with Crippen LogP contribution in [-0.4, -0.2) is 55.6 Å². The number of aryl methyl sites for hydroxylation is 1. The molecule has 4 heterocycles. The summed E-state index contributed by atoms with van der Waals surface area (Å²) >= 11 is 19.3. The smallest absolute Gasteiger partial charge is 0.276 e. The third-order valence-electron chi connectivity index (χ3n) is 8.55. The molecule has 0 radical (unpaired) electrons. The normalized spacial score (nSPS) is 16.6. The standard InChI is InChI=1S/C34H32Cl3FN6O3/c1-8-23(45)43-17(5)13-42(14-18(43)6)31-20-11-22(35)29(24-19(7)25(36)27(38)26(37)32(24)46)41-33(20)44(34(47)21(31)12-39)30-16(4)9-10-40-28(30)15(2)3/h8-11,15,17-18,46H,1,13-14H2,2-7H3/t17-,18+. The Balaban J connectivity index is 1.95. The van der Waals surface area contributed by atoms with Gasteiger partial charge in [0.25, 0.3) is 5.56 Å². The molecule has 0 aliphatic carbocycles. The maximum absolute atomic E-state index is 14.7. The Hall–Kier alpha value is -4.17. The lowest BCUT2D eigenvalue weighted by atomic mass is 10.00. The van der Waals surface area contributed by atoms with Crippen molar-refractivity contribution in [3.63, 3.8) is 0 Å². The summed E-state index contributed by atoms with van der Waals surface area (Å²) in [5, 5.41) is 21.0. The molecule has 9 nitrogen and oxygen atoms in total. The van der Waals surface area contributed by atoms with Crippen molar-refractivity contribution in [2.24, 2.45) is 0 Å². The first-order chi connectivity index (χ1) is 22.2. The van der Waals surface area contributed by atoms with Crippen molar-refractivity contribution in [3.05, 3.63) is 84.6 Å². The van der Waals surface area contributed by atoms with Gasteiger partial charge in [0, 0.05) is 42.3 Å². The molecule has 244 valence electrons. The number of hydrogen-bond donors (Lipinski definition) is 1. The van der Waals surface area contributed by atoms with Gasteiger partial charge in [-0.15, -0.1) is 0 Å². The van der Waals surface area contributed by atoms with Crippen molar-refractivity contribution in [1.82, 2.24) is 19.4 Å². The van der Waals surface area contributed by atoms with E-state index in [4.69, 9.17) is 39.8 Å². The second kappa shape index (κ2) is 12.8. The lowest BCUT2D eigenvalue weighted by molar-refractivity contribution is -0.130. The molecule has 0 unspecified atom stereocenters. The number of pyridine rings is 3. The molecular weight excluding hydrogens is 666 g/mol. The number of phenolic OH excluding ortho intramolecular Hbond substituents is 1. The largest absolute Gasteiger partial charge is 0.506 e. The molecule has 0 saturated carbocycles. The van der Waals surface area contributed by atoms with Crippen LogP contribution < -0.4 is 10.5 Å². The number of fused-ring (bicyclic) bond motifs is 1. The van der Waals surface area contributed by atoms with Crippen LogP contribution in [0.5, 0.6) is 5.75 Å². The van der Waals surface area contributed by atoms with Crippen LogP contribution in [0.25, 0.3) is 28.0 Å². The number of phenols is 1. The molecule has 1 aliphatic rings. The summed E-state index contributed by atoms with van der Waals surface area (Å²) < 4.78 is 16.1. The van der Waals surface area contributed by atoms with E-state index >= 15 is 0 Å². The summed E-state index contributed by atoms with van der Waals surface area (Å²) in [6, 6.07) is 4.85. The molecule has 0 spiro atoms. The van der Waals surface area contributed by atoms with Crippen LogP contribution in [0.4, 0.5) is 10.1 Å². The van der Waals surface area contributed by atoms with E-state index in [9.17, 15) is 24.3 Å². The number of halogens is 4. The van der Waals surface area contributed by atoms with Crippen molar-refractivity contribution >= 4 is 57.4 Å². The predicted molar refractivity (Wildman–Crippen MR) is 184 cm³/mol. The summed E-state index contributed by atoms with van der Waals surface area (Å²) in [5.74, 6) is -1.96. The fraction of sp³-hybridized carbons (Fsp3) is 0.324. The van der Waals surface area contributed by atoms with Crippen LogP contribution >= 0.6 is 34.8 Å². The zero-order chi connectivity index (χ0) is 34.6. The highest BCUT2D eigenvalue weighted by molar-refractivity contribution is 6.38. The molecule has 5 rings (SSSR count). The number of nitriles is 1. The van der Waals surface area contributed by atoms with Gasteiger partial charge >= 0.3 is 0 Å². The number of benzene rings is 1. The monoisotopic (exact) mass is 696 g/mol. The number of carbonyl (C=O) groups excluding carboxylic acids is 1. The van der Waals surface area contributed by atoms with Gasteiger partial charge in [0.2, 0.25) is 5.91 Å². The van der Waals surface area contributed by atoms with Gasteiger partial charge in [-0.05, 0) is 62.9 Å². The zero-order valence-corrected chi connectivity index (χ0v) is 28.9. The number of carbonyl (C=O) groups is 1. The minimum absolute atomic E-state index is 0.00227. The Kier molecular flexibility index (Phi) is 9.30. The number of amides is 1. The first-order valence-corrected chi connectivity index (χ1v) is 16.0. The van der Waals surface area contributed by atoms with E-state index in [0.717, 1.165) is 0 Å². The Labute approximate surface area is 286 Å². The summed E-state index contributed by atoms with van der Waals surface area (Å²) in [7, 11) is 0. The van der Waals surface area contributed by atoms with Gasteiger partial charge in [-0.1, -0.05) is 55.2 Å². The van der Waals surface area contributed by atoms with E-state index in [2.05, 4.69) is 17.6 Å². The van der Waals surface area contributed by atoms with E-state index in [1.54, 1.807) is 23.2 Å². The van der Waals surface area contributed by atoms with Gasteiger partial charge in [0.1, 0.15) is 28.1 Å². The van der Waals surface area contributed by atoms with Crippen molar-refractivity contribution in [1.29, 1.82) is 5.26 Å². The second-order valence-corrected chi connectivity index (χ2v) is 13.2. The highest BCUT2D eigenvalue weighted by Gasteiger charge is 2.36. The van der Waals surface area contributed by atoms with Crippen LogP contribution in [0.15, 0.2) is 35.8 Å². The van der Waals surface area contributed by atoms with Crippen LogP contribution in [0, 0.1) is 31.0 Å². The lowest BCUT2D eigenvalue weighted by Gasteiger charge is -2.45. The molecule has 1 aromatic carbocycles. The maximum atomic E-state index is 14.7. The molecule has 13 heteroatoms. The first kappa shape index (κ1) is 34.2. The summed E-state index contributed by atoms with van der Waals surface area (Å²) in [6.45, 7) is 15.2. The third-order valence-corrected chi connectivity index (χ3v) is 9.63. The fourth-order valence-electron chi connectivity index (χ4n) is 6.46. The number of piperazine rings is 1. The topological polar surface area (TPSA) is 115 Å². The van der Waals surface area contributed by atoms with Gasteiger partial charge in [-0.25, -0.2) is 9.37 Å². The molecule has 1 aliphatic heterocycles. The minimum Gasteiger partial charge on any atom is -0.506 e. The predicted octanol–water partition coefficient (Wildman–Crippen LogP) is 7.48. The minimum atomic E-state index is -0.994. The third kappa shape index (κ3) is 5.50. The van der Waals surface area contributed by atoms with Crippen LogP contribution in [0.3, 0.4) is 0 Å². The zero-order valence-electron chi connectivity index (χ0n) is 26.6. The maximum Gasteiger partial charge on any atom is 0.276 e. The molecular formula is C34H32Cl3FN6O3. The van der Waals surface area contributed by atoms with Gasteiger partial charge in [-0.2, -0.15) is 5.26 Å². The quantitative estimate of drug-likeness (QED) is 0.170. The molecule has 2 atom stereocenters. The molecule has 1 amide bonds. The Bertz CT molecular complexity index is 2050. The van der Waals surface area contributed by atoms with E-state index in [0.29, 0.717) is 41.1 Å². The number of hydrogen-bond acceptors (Lipinski definition) is 7. The Morgan fingerprint density at radius 1 is 1.17 bits per heavy atom. The average Bonchev–Trinajstić information content (AvgIpc) is 3.02. The number of aromatic hydroxyl groups is 1. The van der Waals surface area contributed by atoms with Gasteiger partial charge in [0.15, 0.2) is 5.82 Å². The van der Waals surface area contributed by atoms with Crippen molar-refractivity contribution in [2.75, 3.05) is 18.0 Å². The van der Waals surface area contributed by atoms with E-state index < -0.39 is 22.1 Å². The molecule has 3 aromatic heterocycles. The highest BCUT2D eigenvalue weighted by Crippen LogP contribution is 2.46. The van der Waals surface area contributed by atoms with Crippen molar-refractivity contribution < 1.29 is 14.3 Å². The number of aromatic nitrogens is 3. The molecule has 4 aromatic rings. The van der Waals surface area contributed by atoms with Gasteiger partial charge in [0.05, 0.1) is 32.8 Å². The highest BCUT2D eigenvalue weighted by atomic mass is 35.5. The molecule has 0 bridgehead atoms. The number of rotatable bonds is 5. The van der Waals surface area contributed by atoms with Crippen LogP contribution in [0.1, 0.15) is 56.0 Å². The molecule has 1 saturated heterocycles. The Morgan fingerprint density at radius 3 is 2.38 bits per heavy atom. The molecule has 1 fully saturated rings. The summed E-state index contributed by atoms with van der Waals surface area (Å²) in [4.78, 5) is 40.3. The number of nitrogens with zero attached hydrogens (tertiary/aromatic N) is 6. The summed E-state index contributed by atoms with van der Waals surface area (Å²) in [5.41, 5.74) is 1.49. The van der Waals surface area contributed by atoms with Crippen LogP contribution in [-0.2, 0) is 4.79 Å². The van der Waals surface area contributed by atoms with E-state index in [1.807, 2.05) is 39.5 Å². The van der Waals surface area contributed by atoms with E-state index in [-0.39, 0.29) is 62.0 Å². The first-order valence-electron chi connectivity index (χ1n) is 14.9. The van der Waals surface area contributed by atoms with Crippen molar-refractivity contribution in [3.8, 4) is 28.8 Å². The molecule has 47 heavy (non-hydrogen) atoms. The SMILES string of the molecule is C=CC(=O)N1[C@H](C)CN(c2c(C#N)c(=O)n(-c3c(C)ccnc3C(C)C)c3nc(-c4c(C)c(Cl)c(F)c(Cl)c4O)c(Cl)cc23)C[C@@H]1C.